The summed E-state index contributed by atoms with van der Waals surface area (Å²) in [7, 11) is 0. The lowest BCUT2D eigenvalue weighted by atomic mass is 10.2. The van der Waals surface area contributed by atoms with Gasteiger partial charge in [0.2, 0.25) is 5.91 Å². The monoisotopic (exact) mass is 404 g/mol. The summed E-state index contributed by atoms with van der Waals surface area (Å²) in [6, 6.07) is 13.2. The molecule has 0 unspecified atom stereocenters. The molecule has 2 amide bonds. The van der Waals surface area contributed by atoms with E-state index in [9.17, 15) is 18.8 Å². The van der Waals surface area contributed by atoms with Gasteiger partial charge in [-0.2, -0.15) is 0 Å². The molecule has 0 saturated carbocycles. The number of hydrogen-bond donors (Lipinski definition) is 2. The molecule has 0 spiro atoms. The molecule has 0 aliphatic carbocycles. The van der Waals surface area contributed by atoms with Gasteiger partial charge in [0.25, 0.3) is 5.91 Å². The number of esters is 1. The van der Waals surface area contributed by atoms with E-state index in [4.69, 9.17) is 4.74 Å². The number of hydrogen-bond acceptors (Lipinski definition) is 5. The molecule has 2 rings (SSSR count). The average Bonchev–Trinajstić information content (AvgIpc) is 2.68. The minimum atomic E-state index is -0.575. The summed E-state index contributed by atoms with van der Waals surface area (Å²) in [5.41, 5.74) is 1.58. The molecule has 0 bridgehead atoms. The standard InChI is InChI=1S/C20H21FN2O4S/c1-14-2-8-17(9-3-14)28-11-10-20(26)27-13-19(25)22-12-18(24)23-16-6-4-15(21)5-7-16/h2-9H,10-13H2,1H3,(H,22,25)(H,23,24). The molecule has 0 aromatic heterocycles. The fourth-order valence-electron chi connectivity index (χ4n) is 2.07. The van der Waals surface area contributed by atoms with Crippen LogP contribution >= 0.6 is 11.8 Å². The van der Waals surface area contributed by atoms with Crippen molar-refractivity contribution < 1.29 is 23.5 Å². The normalized spacial score (nSPS) is 10.2. The van der Waals surface area contributed by atoms with Crippen molar-refractivity contribution in [1.82, 2.24) is 5.32 Å². The number of anilines is 1. The Morgan fingerprint density at radius 1 is 1.00 bits per heavy atom. The Kier molecular flexibility index (Phi) is 8.48. The fraction of sp³-hybridized carbons (Fsp3) is 0.250. The van der Waals surface area contributed by atoms with E-state index in [1.807, 2.05) is 31.2 Å². The maximum Gasteiger partial charge on any atom is 0.307 e. The summed E-state index contributed by atoms with van der Waals surface area (Å²) >= 11 is 1.53. The third-order valence-electron chi connectivity index (χ3n) is 3.53. The Bertz CT molecular complexity index is 810. The Morgan fingerprint density at radius 2 is 1.68 bits per heavy atom. The highest BCUT2D eigenvalue weighted by atomic mass is 32.2. The average molecular weight is 404 g/mol. The number of ether oxygens (including phenoxy) is 1. The van der Waals surface area contributed by atoms with E-state index in [2.05, 4.69) is 10.6 Å². The zero-order valence-electron chi connectivity index (χ0n) is 15.4. The lowest BCUT2D eigenvalue weighted by Crippen LogP contribution is -2.35. The predicted molar refractivity (Wildman–Crippen MR) is 106 cm³/mol. The quantitative estimate of drug-likeness (QED) is 0.496. The van der Waals surface area contributed by atoms with Crippen LogP contribution in [0.15, 0.2) is 53.4 Å². The lowest BCUT2D eigenvalue weighted by Gasteiger charge is -2.08. The molecule has 2 aromatic rings. The van der Waals surface area contributed by atoms with Crippen LogP contribution in [0.25, 0.3) is 0 Å². The van der Waals surface area contributed by atoms with E-state index >= 15 is 0 Å². The van der Waals surface area contributed by atoms with Crippen LogP contribution in [0, 0.1) is 12.7 Å². The van der Waals surface area contributed by atoms with E-state index in [1.54, 1.807) is 0 Å². The van der Waals surface area contributed by atoms with Crippen molar-refractivity contribution >= 4 is 35.2 Å². The maximum atomic E-state index is 12.8. The van der Waals surface area contributed by atoms with Crippen molar-refractivity contribution in [3.8, 4) is 0 Å². The first-order valence-electron chi connectivity index (χ1n) is 8.59. The van der Waals surface area contributed by atoms with Gasteiger partial charge in [0.05, 0.1) is 13.0 Å². The smallest absolute Gasteiger partial charge is 0.307 e. The van der Waals surface area contributed by atoms with Crippen molar-refractivity contribution in [3.63, 3.8) is 0 Å². The van der Waals surface area contributed by atoms with Crippen molar-refractivity contribution in [3.05, 3.63) is 59.9 Å². The zero-order chi connectivity index (χ0) is 20.4. The van der Waals surface area contributed by atoms with Gasteiger partial charge >= 0.3 is 5.97 Å². The largest absolute Gasteiger partial charge is 0.456 e. The van der Waals surface area contributed by atoms with Gasteiger partial charge in [0.15, 0.2) is 6.61 Å². The Morgan fingerprint density at radius 3 is 2.36 bits per heavy atom. The molecule has 0 radical (unpaired) electrons. The second-order valence-electron chi connectivity index (χ2n) is 5.90. The van der Waals surface area contributed by atoms with Crippen LogP contribution in [0.1, 0.15) is 12.0 Å². The van der Waals surface area contributed by atoms with E-state index < -0.39 is 30.2 Å². The first kappa shape index (κ1) is 21.4. The first-order chi connectivity index (χ1) is 13.4. The van der Waals surface area contributed by atoms with Gasteiger partial charge in [-0.25, -0.2) is 4.39 Å². The van der Waals surface area contributed by atoms with Crippen LogP contribution in [0.2, 0.25) is 0 Å². The molecule has 0 aliphatic heterocycles. The molecule has 0 aliphatic rings. The van der Waals surface area contributed by atoms with Crippen molar-refractivity contribution in [2.45, 2.75) is 18.2 Å². The minimum absolute atomic E-state index is 0.177. The molecule has 8 heteroatoms. The number of nitrogens with one attached hydrogen (secondary N) is 2. The van der Waals surface area contributed by atoms with Gasteiger partial charge in [-0.05, 0) is 43.3 Å². The number of aryl methyl sites for hydroxylation is 1. The van der Waals surface area contributed by atoms with E-state index in [-0.39, 0.29) is 13.0 Å². The van der Waals surface area contributed by atoms with Crippen LogP contribution < -0.4 is 10.6 Å². The van der Waals surface area contributed by atoms with Crippen molar-refractivity contribution in [2.24, 2.45) is 0 Å². The van der Waals surface area contributed by atoms with Crippen LogP contribution in [0.5, 0.6) is 0 Å². The molecule has 6 nitrogen and oxygen atoms in total. The SMILES string of the molecule is Cc1ccc(SCCC(=O)OCC(=O)NCC(=O)Nc2ccc(F)cc2)cc1. The van der Waals surface area contributed by atoms with Crippen LogP contribution in [-0.2, 0) is 19.1 Å². The molecule has 2 aromatic carbocycles. The summed E-state index contributed by atoms with van der Waals surface area (Å²) in [5, 5.41) is 4.85. The van der Waals surface area contributed by atoms with Gasteiger partial charge in [-0.15, -0.1) is 11.8 Å². The Balaban J connectivity index is 1.58. The Labute approximate surface area is 166 Å². The van der Waals surface area contributed by atoms with E-state index in [0.717, 1.165) is 4.90 Å². The molecule has 0 atom stereocenters. The molecular formula is C20H21FN2O4S. The number of rotatable bonds is 9. The third-order valence-corrected chi connectivity index (χ3v) is 4.55. The van der Waals surface area contributed by atoms with Gasteiger partial charge in [0.1, 0.15) is 5.82 Å². The third kappa shape index (κ3) is 8.22. The topological polar surface area (TPSA) is 84.5 Å². The minimum Gasteiger partial charge on any atom is -0.456 e. The number of carbonyl (C=O) groups is 3. The number of thioether (sulfide) groups is 1. The molecule has 148 valence electrons. The first-order valence-corrected chi connectivity index (χ1v) is 9.58. The Hall–Kier alpha value is -2.87. The zero-order valence-corrected chi connectivity index (χ0v) is 16.2. The highest BCUT2D eigenvalue weighted by Crippen LogP contribution is 2.19. The van der Waals surface area contributed by atoms with Crippen LogP contribution in [0.4, 0.5) is 10.1 Å². The van der Waals surface area contributed by atoms with E-state index in [0.29, 0.717) is 11.4 Å². The second kappa shape index (κ2) is 11.1. The predicted octanol–water partition coefficient (Wildman–Crippen LogP) is 2.91. The van der Waals surface area contributed by atoms with Crippen molar-refractivity contribution in [2.75, 3.05) is 24.2 Å². The van der Waals surface area contributed by atoms with E-state index in [1.165, 1.54) is 41.6 Å². The molecule has 0 heterocycles. The second-order valence-corrected chi connectivity index (χ2v) is 7.07. The fourth-order valence-corrected chi connectivity index (χ4v) is 2.91. The van der Waals surface area contributed by atoms with Crippen molar-refractivity contribution in [1.29, 1.82) is 0 Å². The number of halogens is 1. The lowest BCUT2D eigenvalue weighted by molar-refractivity contribution is -0.148. The summed E-state index contributed by atoms with van der Waals surface area (Å²) < 4.78 is 17.7. The molecular weight excluding hydrogens is 383 g/mol. The van der Waals surface area contributed by atoms with Crippen LogP contribution in [-0.4, -0.2) is 36.7 Å². The van der Waals surface area contributed by atoms with Gasteiger partial charge in [0, 0.05) is 16.3 Å². The summed E-state index contributed by atoms with van der Waals surface area (Å²) in [6.45, 7) is 1.28. The molecule has 0 fully saturated rings. The molecule has 28 heavy (non-hydrogen) atoms. The molecule has 0 saturated heterocycles. The number of carbonyl (C=O) groups excluding carboxylic acids is 3. The highest BCUT2D eigenvalue weighted by Gasteiger charge is 2.10. The summed E-state index contributed by atoms with van der Waals surface area (Å²) in [4.78, 5) is 36.1. The highest BCUT2D eigenvalue weighted by molar-refractivity contribution is 7.99. The number of amides is 2. The maximum absolute atomic E-state index is 12.8. The van der Waals surface area contributed by atoms with Gasteiger partial charge in [-0.1, -0.05) is 17.7 Å². The molecule has 2 N–H and O–H groups in total. The van der Waals surface area contributed by atoms with Gasteiger partial charge < -0.3 is 15.4 Å². The number of benzene rings is 2. The van der Waals surface area contributed by atoms with Crippen LogP contribution in [0.3, 0.4) is 0 Å². The van der Waals surface area contributed by atoms with Gasteiger partial charge in [-0.3, -0.25) is 14.4 Å². The summed E-state index contributed by atoms with van der Waals surface area (Å²) in [5.74, 6) is -1.39. The summed E-state index contributed by atoms with van der Waals surface area (Å²) in [6.07, 6.45) is 0.177.